The lowest BCUT2D eigenvalue weighted by atomic mass is 9.73. The van der Waals surface area contributed by atoms with Gasteiger partial charge in [0.15, 0.2) is 0 Å². The van der Waals surface area contributed by atoms with Crippen molar-refractivity contribution in [1.82, 2.24) is 9.80 Å². The maximum Gasteiger partial charge on any atom is 0.315 e. The van der Waals surface area contributed by atoms with Crippen molar-refractivity contribution in [2.75, 3.05) is 33.3 Å². The highest BCUT2D eigenvalue weighted by Gasteiger charge is 2.57. The third-order valence-corrected chi connectivity index (χ3v) is 5.80. The molecular weight excluding hydrogens is 356 g/mol. The van der Waals surface area contributed by atoms with Gasteiger partial charge in [-0.15, -0.1) is 0 Å². The van der Waals surface area contributed by atoms with Gasteiger partial charge >= 0.3 is 5.97 Å². The largest absolute Gasteiger partial charge is 0.492 e. The molecule has 1 saturated heterocycles. The summed E-state index contributed by atoms with van der Waals surface area (Å²) in [7, 11) is 1.90. The molecule has 1 amide bonds. The van der Waals surface area contributed by atoms with Gasteiger partial charge in [-0.1, -0.05) is 48.5 Å². The average Bonchev–Trinajstić information content (AvgIpc) is 3.11. The molecule has 2 atom stereocenters. The Morgan fingerprint density at radius 1 is 1.18 bits per heavy atom. The van der Waals surface area contributed by atoms with Crippen LogP contribution in [0.15, 0.2) is 54.6 Å². The van der Waals surface area contributed by atoms with E-state index < -0.39 is 11.4 Å². The van der Waals surface area contributed by atoms with Gasteiger partial charge in [0, 0.05) is 31.1 Å². The molecule has 0 bridgehead atoms. The summed E-state index contributed by atoms with van der Waals surface area (Å²) in [5.41, 5.74) is 0.934. The normalized spacial score (nSPS) is 23.1. The zero-order valence-corrected chi connectivity index (χ0v) is 15.9. The third-order valence-electron chi connectivity index (χ3n) is 5.80. The van der Waals surface area contributed by atoms with Crippen LogP contribution in [0.25, 0.3) is 0 Å². The molecule has 1 N–H and O–H groups in total. The van der Waals surface area contributed by atoms with Gasteiger partial charge in [-0.25, -0.2) is 0 Å². The summed E-state index contributed by atoms with van der Waals surface area (Å²) in [5, 5.41) is 9.97. The minimum Gasteiger partial charge on any atom is -0.492 e. The Morgan fingerprint density at radius 2 is 1.89 bits per heavy atom. The standard InChI is InChI=1S/C22H24N2O4/c1-23(11-16-7-3-2-4-8-16)13-20(25)24-12-18-17-9-5-6-10-19(17)28-15-22(18,14-24)21(26)27/h2-10,18H,11-15H2,1H3,(H,26,27)/t18-,22-/m1/s1. The molecule has 6 heteroatoms. The van der Waals surface area contributed by atoms with Gasteiger partial charge in [0.1, 0.15) is 17.8 Å². The lowest BCUT2D eigenvalue weighted by molar-refractivity contribution is -0.152. The van der Waals surface area contributed by atoms with E-state index in [2.05, 4.69) is 0 Å². The Labute approximate surface area is 164 Å². The highest BCUT2D eigenvalue weighted by atomic mass is 16.5. The van der Waals surface area contributed by atoms with Crippen molar-refractivity contribution in [2.24, 2.45) is 5.41 Å². The van der Waals surface area contributed by atoms with Crippen LogP contribution in [0.3, 0.4) is 0 Å². The zero-order chi connectivity index (χ0) is 19.7. The number of ether oxygens (including phenoxy) is 1. The van der Waals surface area contributed by atoms with Gasteiger partial charge in [-0.2, -0.15) is 0 Å². The molecule has 1 fully saturated rings. The molecule has 2 aromatic carbocycles. The van der Waals surface area contributed by atoms with E-state index in [1.165, 1.54) is 0 Å². The first-order chi connectivity index (χ1) is 13.5. The molecule has 2 aliphatic heterocycles. The Balaban J connectivity index is 1.49. The van der Waals surface area contributed by atoms with Crippen LogP contribution < -0.4 is 4.74 Å². The lowest BCUT2D eigenvalue weighted by Crippen LogP contribution is -2.46. The number of carboxylic acid groups (broad SMARTS) is 1. The SMILES string of the molecule is CN(CC(=O)N1C[C@@H]2c3ccccc3OC[C@]2(C(=O)O)C1)Cc1ccccc1. The molecule has 6 nitrogen and oxygen atoms in total. The topological polar surface area (TPSA) is 70.1 Å². The summed E-state index contributed by atoms with van der Waals surface area (Å²) in [6.45, 7) is 1.59. The van der Waals surface area contributed by atoms with Crippen molar-refractivity contribution in [2.45, 2.75) is 12.5 Å². The molecule has 2 aromatic rings. The van der Waals surface area contributed by atoms with Crippen LogP contribution in [0.4, 0.5) is 0 Å². The summed E-state index contributed by atoms with van der Waals surface area (Å²) in [4.78, 5) is 28.7. The number of benzene rings is 2. The van der Waals surface area contributed by atoms with Crippen molar-refractivity contribution in [3.63, 3.8) is 0 Å². The number of nitrogens with zero attached hydrogens (tertiary/aromatic N) is 2. The van der Waals surface area contributed by atoms with Crippen molar-refractivity contribution in [3.8, 4) is 5.75 Å². The maximum atomic E-state index is 12.9. The summed E-state index contributed by atoms with van der Waals surface area (Å²) in [5.74, 6) is -0.482. The smallest absolute Gasteiger partial charge is 0.315 e. The number of fused-ring (bicyclic) bond motifs is 3. The van der Waals surface area contributed by atoms with Crippen LogP contribution in [0.2, 0.25) is 0 Å². The van der Waals surface area contributed by atoms with Crippen LogP contribution in [0, 0.1) is 5.41 Å². The van der Waals surface area contributed by atoms with Crippen LogP contribution >= 0.6 is 0 Å². The molecular formula is C22H24N2O4. The Kier molecular flexibility index (Phi) is 4.81. The molecule has 0 aliphatic carbocycles. The van der Waals surface area contributed by atoms with Crippen LogP contribution in [0.1, 0.15) is 17.0 Å². The van der Waals surface area contributed by atoms with Crippen LogP contribution in [-0.4, -0.2) is 60.1 Å². The summed E-state index contributed by atoms with van der Waals surface area (Å²) in [6.07, 6.45) is 0. The number of rotatable bonds is 5. The minimum absolute atomic E-state index is 0.0501. The number of amides is 1. The minimum atomic E-state index is -1.08. The molecule has 4 rings (SSSR count). The summed E-state index contributed by atoms with van der Waals surface area (Å²) < 4.78 is 5.76. The molecule has 0 spiro atoms. The van der Waals surface area contributed by atoms with E-state index >= 15 is 0 Å². The Bertz CT molecular complexity index is 885. The maximum absolute atomic E-state index is 12.9. The van der Waals surface area contributed by atoms with E-state index in [0.29, 0.717) is 13.1 Å². The molecule has 146 valence electrons. The number of hydrogen-bond donors (Lipinski definition) is 1. The number of para-hydroxylation sites is 1. The fraction of sp³-hybridized carbons (Fsp3) is 0.364. The van der Waals surface area contributed by atoms with Gasteiger partial charge in [0.05, 0.1) is 6.54 Å². The first kappa shape index (κ1) is 18.5. The molecule has 2 aliphatic rings. The Morgan fingerprint density at radius 3 is 2.64 bits per heavy atom. The summed E-state index contributed by atoms with van der Waals surface area (Å²) in [6, 6.07) is 17.5. The fourth-order valence-electron chi connectivity index (χ4n) is 4.31. The van der Waals surface area contributed by atoms with E-state index in [4.69, 9.17) is 4.74 Å². The second-order valence-electron chi connectivity index (χ2n) is 7.77. The fourth-order valence-corrected chi connectivity index (χ4v) is 4.31. The quantitative estimate of drug-likeness (QED) is 0.861. The second kappa shape index (κ2) is 7.28. The lowest BCUT2D eigenvalue weighted by Gasteiger charge is -2.35. The molecule has 0 radical (unpaired) electrons. The van der Waals surface area contributed by atoms with Gasteiger partial charge in [-0.05, 0) is 18.7 Å². The van der Waals surface area contributed by atoms with E-state index in [1.807, 2.05) is 66.5 Å². The van der Waals surface area contributed by atoms with Gasteiger partial charge in [-0.3, -0.25) is 14.5 Å². The number of likely N-dealkylation sites (N-methyl/N-ethyl adjacent to an activating group) is 1. The number of carboxylic acids is 1. The van der Waals surface area contributed by atoms with Crippen molar-refractivity contribution in [3.05, 3.63) is 65.7 Å². The molecule has 0 unspecified atom stereocenters. The van der Waals surface area contributed by atoms with Crippen molar-refractivity contribution < 1.29 is 19.4 Å². The van der Waals surface area contributed by atoms with E-state index in [-0.39, 0.29) is 31.5 Å². The number of carbonyl (C=O) groups is 2. The second-order valence-corrected chi connectivity index (χ2v) is 7.77. The average molecular weight is 380 g/mol. The number of carbonyl (C=O) groups excluding carboxylic acids is 1. The van der Waals surface area contributed by atoms with Crippen LogP contribution in [-0.2, 0) is 16.1 Å². The molecule has 0 aromatic heterocycles. The van der Waals surface area contributed by atoms with Crippen molar-refractivity contribution >= 4 is 11.9 Å². The first-order valence-electron chi connectivity index (χ1n) is 9.45. The zero-order valence-electron chi connectivity index (χ0n) is 15.9. The van der Waals surface area contributed by atoms with Gasteiger partial charge < -0.3 is 14.7 Å². The molecule has 0 saturated carbocycles. The number of aliphatic carboxylic acids is 1. The predicted octanol–water partition coefficient (Wildman–Crippen LogP) is 2.21. The highest BCUT2D eigenvalue weighted by Crippen LogP contribution is 2.49. The van der Waals surface area contributed by atoms with E-state index in [9.17, 15) is 14.7 Å². The number of hydrogen-bond acceptors (Lipinski definition) is 4. The highest BCUT2D eigenvalue weighted by molar-refractivity contribution is 5.83. The predicted molar refractivity (Wildman–Crippen MR) is 104 cm³/mol. The monoisotopic (exact) mass is 380 g/mol. The molecule has 2 heterocycles. The van der Waals surface area contributed by atoms with Gasteiger partial charge in [0.2, 0.25) is 5.91 Å². The van der Waals surface area contributed by atoms with E-state index in [0.717, 1.165) is 16.9 Å². The molecule has 28 heavy (non-hydrogen) atoms. The van der Waals surface area contributed by atoms with Gasteiger partial charge in [0.25, 0.3) is 0 Å². The summed E-state index contributed by atoms with van der Waals surface area (Å²) >= 11 is 0. The first-order valence-corrected chi connectivity index (χ1v) is 9.45. The van der Waals surface area contributed by atoms with Crippen LogP contribution in [0.5, 0.6) is 5.75 Å². The van der Waals surface area contributed by atoms with E-state index in [1.54, 1.807) is 4.90 Å². The van der Waals surface area contributed by atoms with Crippen molar-refractivity contribution in [1.29, 1.82) is 0 Å². The Hall–Kier alpha value is -2.86. The third kappa shape index (κ3) is 3.24. The number of likely N-dealkylation sites (tertiary alicyclic amines) is 1.